The van der Waals surface area contributed by atoms with E-state index in [0.29, 0.717) is 17.3 Å². The molecule has 1 aromatic heterocycles. The quantitative estimate of drug-likeness (QED) is 0.677. The lowest BCUT2D eigenvalue weighted by atomic mass is 10.1. The van der Waals surface area contributed by atoms with E-state index in [4.69, 9.17) is 0 Å². The summed E-state index contributed by atoms with van der Waals surface area (Å²) in [5.74, 6) is 0.112. The maximum Gasteiger partial charge on any atom is 0.213 e. The largest absolute Gasteiger partial charge is 0.493 e. The molecule has 0 unspecified atom stereocenters. The lowest BCUT2D eigenvalue weighted by Crippen LogP contribution is -2.22. The average molecular weight is 245 g/mol. The van der Waals surface area contributed by atoms with Crippen LogP contribution in [-0.4, -0.2) is 16.4 Å². The van der Waals surface area contributed by atoms with E-state index in [1.54, 1.807) is 12.4 Å². The highest BCUT2D eigenvalue weighted by atomic mass is 32.1. The summed E-state index contributed by atoms with van der Waals surface area (Å²) in [6.07, 6.45) is 1.72. The number of aromatic hydroxyl groups is 1. The molecule has 0 bridgehead atoms. The second kappa shape index (κ2) is 3.85. The lowest BCUT2D eigenvalue weighted by molar-refractivity contribution is 0.455. The number of hydrogen-bond donors (Lipinski definition) is 3. The first-order chi connectivity index (χ1) is 8.24. The Labute approximate surface area is 104 Å². The van der Waals surface area contributed by atoms with Crippen LogP contribution < -0.4 is 4.90 Å². The van der Waals surface area contributed by atoms with Crippen LogP contribution in [0.15, 0.2) is 40.4 Å². The van der Waals surface area contributed by atoms with Crippen LogP contribution in [0.5, 0.6) is 5.88 Å². The van der Waals surface area contributed by atoms with Crippen molar-refractivity contribution in [1.29, 1.82) is 0 Å². The number of aliphatic imine (C=N–C) groups is 1. The van der Waals surface area contributed by atoms with Crippen LogP contribution in [0.4, 0.5) is 11.4 Å². The molecule has 0 saturated carbocycles. The number of hydrogen-bond acceptors (Lipinski definition) is 4. The molecule has 0 atom stereocenters. The van der Waals surface area contributed by atoms with Gasteiger partial charge in [0, 0.05) is 0 Å². The van der Waals surface area contributed by atoms with E-state index < -0.39 is 0 Å². The molecule has 17 heavy (non-hydrogen) atoms. The van der Waals surface area contributed by atoms with Gasteiger partial charge in [-0.2, -0.15) is 0 Å². The Morgan fingerprint density at radius 2 is 2.18 bits per heavy atom. The van der Waals surface area contributed by atoms with Gasteiger partial charge >= 0.3 is 0 Å². The van der Waals surface area contributed by atoms with E-state index in [2.05, 4.69) is 22.6 Å². The lowest BCUT2D eigenvalue weighted by Gasteiger charge is -2.23. The van der Waals surface area contributed by atoms with Gasteiger partial charge in [0.2, 0.25) is 5.88 Å². The van der Waals surface area contributed by atoms with Gasteiger partial charge in [-0.25, -0.2) is 4.99 Å². The summed E-state index contributed by atoms with van der Waals surface area (Å²) >= 11 is 4.16. The second-order valence-electron chi connectivity index (χ2n) is 3.89. The molecule has 3 rings (SSSR count). The fourth-order valence-electron chi connectivity index (χ4n) is 1.91. The summed E-state index contributed by atoms with van der Waals surface area (Å²) in [7, 11) is 0. The normalized spacial score (nSPS) is 13.8. The molecule has 1 aliphatic heterocycles. The Morgan fingerprint density at radius 1 is 1.35 bits per heavy atom. The summed E-state index contributed by atoms with van der Waals surface area (Å²) < 4.78 is 0. The SMILES string of the molecule is Oc1[nH]c(S)cc1N1C=Nc2ccccc2C1. The van der Waals surface area contributed by atoms with Gasteiger partial charge in [-0.1, -0.05) is 18.2 Å². The predicted octanol–water partition coefficient (Wildman–Crippen LogP) is 2.69. The van der Waals surface area contributed by atoms with Crippen molar-refractivity contribution in [3.05, 3.63) is 35.9 Å². The summed E-state index contributed by atoms with van der Waals surface area (Å²) in [5, 5.41) is 10.4. The molecule has 1 aromatic carbocycles. The first-order valence-corrected chi connectivity index (χ1v) is 5.68. The Kier molecular flexibility index (Phi) is 2.33. The Hall–Kier alpha value is -1.88. The molecule has 0 radical (unpaired) electrons. The molecule has 5 heteroatoms. The Balaban J connectivity index is 1.97. The fourth-order valence-corrected chi connectivity index (χ4v) is 2.14. The summed E-state index contributed by atoms with van der Waals surface area (Å²) in [6, 6.07) is 9.73. The third-order valence-corrected chi connectivity index (χ3v) is 2.98. The van der Waals surface area contributed by atoms with Crippen molar-refractivity contribution in [2.75, 3.05) is 4.90 Å². The number of anilines is 1. The maximum atomic E-state index is 9.72. The third-order valence-electron chi connectivity index (χ3n) is 2.74. The number of rotatable bonds is 1. The Morgan fingerprint density at radius 3 is 2.94 bits per heavy atom. The number of nitrogens with one attached hydrogen (secondary N) is 1. The van der Waals surface area contributed by atoms with Crippen LogP contribution in [-0.2, 0) is 6.54 Å². The van der Waals surface area contributed by atoms with Crippen molar-refractivity contribution in [3.63, 3.8) is 0 Å². The van der Waals surface area contributed by atoms with Crippen molar-refractivity contribution >= 4 is 30.3 Å². The third kappa shape index (κ3) is 1.78. The highest BCUT2D eigenvalue weighted by Gasteiger charge is 2.17. The van der Waals surface area contributed by atoms with Gasteiger partial charge in [0.05, 0.1) is 23.6 Å². The molecular weight excluding hydrogens is 234 g/mol. The number of aromatic amines is 1. The monoisotopic (exact) mass is 245 g/mol. The highest BCUT2D eigenvalue weighted by Crippen LogP contribution is 2.33. The van der Waals surface area contributed by atoms with Gasteiger partial charge in [-0.15, -0.1) is 12.6 Å². The molecule has 0 amide bonds. The van der Waals surface area contributed by atoms with Crippen molar-refractivity contribution in [2.24, 2.45) is 4.99 Å². The van der Waals surface area contributed by atoms with Gasteiger partial charge in [0.15, 0.2) is 0 Å². The fraction of sp³-hybridized carbons (Fsp3) is 0.0833. The molecule has 0 saturated heterocycles. The van der Waals surface area contributed by atoms with Crippen LogP contribution in [0.1, 0.15) is 5.56 Å². The van der Waals surface area contributed by atoms with Crippen LogP contribution >= 0.6 is 12.6 Å². The van der Waals surface area contributed by atoms with Gasteiger partial charge in [0.25, 0.3) is 0 Å². The molecule has 2 N–H and O–H groups in total. The zero-order valence-corrected chi connectivity index (χ0v) is 9.85. The zero-order chi connectivity index (χ0) is 11.8. The second-order valence-corrected chi connectivity index (χ2v) is 4.37. The number of H-pyrrole nitrogens is 1. The number of para-hydroxylation sites is 1. The minimum absolute atomic E-state index is 0.112. The molecule has 0 spiro atoms. The smallest absolute Gasteiger partial charge is 0.213 e. The van der Waals surface area contributed by atoms with E-state index >= 15 is 0 Å². The van der Waals surface area contributed by atoms with Crippen LogP contribution in [0.3, 0.4) is 0 Å². The van der Waals surface area contributed by atoms with Crippen molar-refractivity contribution in [3.8, 4) is 5.88 Å². The zero-order valence-electron chi connectivity index (χ0n) is 8.96. The molecule has 2 aromatic rings. The molecule has 86 valence electrons. The minimum Gasteiger partial charge on any atom is -0.493 e. The molecule has 4 nitrogen and oxygen atoms in total. The van der Waals surface area contributed by atoms with Gasteiger partial charge in [0.1, 0.15) is 5.69 Å². The topological polar surface area (TPSA) is 51.6 Å². The van der Waals surface area contributed by atoms with Crippen LogP contribution in [0, 0.1) is 0 Å². The molecular formula is C12H11N3OS. The van der Waals surface area contributed by atoms with E-state index in [0.717, 1.165) is 11.3 Å². The number of fused-ring (bicyclic) bond motifs is 1. The number of benzene rings is 1. The van der Waals surface area contributed by atoms with E-state index in [9.17, 15) is 5.11 Å². The number of thiol groups is 1. The molecule has 0 aliphatic carbocycles. The van der Waals surface area contributed by atoms with Gasteiger partial charge < -0.3 is 15.0 Å². The van der Waals surface area contributed by atoms with Crippen molar-refractivity contribution < 1.29 is 5.11 Å². The molecule has 2 heterocycles. The highest BCUT2D eigenvalue weighted by molar-refractivity contribution is 7.80. The van der Waals surface area contributed by atoms with E-state index in [1.807, 2.05) is 29.2 Å². The van der Waals surface area contributed by atoms with Gasteiger partial charge in [-0.3, -0.25) is 0 Å². The Bertz CT molecular complexity index is 591. The van der Waals surface area contributed by atoms with E-state index in [-0.39, 0.29) is 5.88 Å². The molecule has 1 aliphatic rings. The number of aromatic nitrogens is 1. The number of nitrogens with zero attached hydrogens (tertiary/aromatic N) is 2. The summed E-state index contributed by atoms with van der Waals surface area (Å²) in [4.78, 5) is 8.98. The standard InChI is InChI=1S/C12H11N3OS/c16-12-10(5-11(17)14-12)15-6-8-3-1-2-4-9(8)13-7-15/h1-5,7,14,16-17H,6H2. The summed E-state index contributed by atoms with van der Waals surface area (Å²) in [6.45, 7) is 0.693. The van der Waals surface area contributed by atoms with E-state index in [1.165, 1.54) is 0 Å². The summed E-state index contributed by atoms with van der Waals surface area (Å²) in [5.41, 5.74) is 2.80. The van der Waals surface area contributed by atoms with Gasteiger partial charge in [-0.05, 0) is 17.7 Å². The average Bonchev–Trinajstić information content (AvgIpc) is 2.68. The first-order valence-electron chi connectivity index (χ1n) is 5.24. The van der Waals surface area contributed by atoms with Crippen molar-refractivity contribution in [1.82, 2.24) is 4.98 Å². The van der Waals surface area contributed by atoms with Crippen LogP contribution in [0.25, 0.3) is 0 Å². The predicted molar refractivity (Wildman–Crippen MR) is 70.5 cm³/mol. The first kappa shape index (κ1) is 10.3. The minimum atomic E-state index is 0.112. The molecule has 0 fully saturated rings. The maximum absolute atomic E-state index is 9.72. The van der Waals surface area contributed by atoms with Crippen molar-refractivity contribution in [2.45, 2.75) is 11.6 Å². The van der Waals surface area contributed by atoms with Crippen LogP contribution in [0.2, 0.25) is 0 Å².